The molecule has 0 atom stereocenters. The lowest BCUT2D eigenvalue weighted by molar-refractivity contribution is -0.384. The number of carbonyl (C=O) groups is 2. The molecule has 3 rings (SSSR count). The number of aromatic nitrogens is 1. The number of nitrogens with zero attached hydrogens (tertiary/aromatic N) is 2. The van der Waals surface area contributed by atoms with Crippen molar-refractivity contribution in [3.63, 3.8) is 0 Å². The molecule has 1 aliphatic rings. The fourth-order valence-corrected chi connectivity index (χ4v) is 2.99. The van der Waals surface area contributed by atoms with E-state index >= 15 is 0 Å². The lowest BCUT2D eigenvalue weighted by Crippen LogP contribution is -2.24. The predicted molar refractivity (Wildman–Crippen MR) is 84.9 cm³/mol. The van der Waals surface area contributed by atoms with Crippen LogP contribution in [0.25, 0.3) is 5.69 Å². The summed E-state index contributed by atoms with van der Waals surface area (Å²) in [7, 11) is 0. The van der Waals surface area contributed by atoms with Gasteiger partial charge < -0.3 is 5.73 Å². The summed E-state index contributed by atoms with van der Waals surface area (Å²) < 4.78 is 0.759. The van der Waals surface area contributed by atoms with Crippen LogP contribution in [0.3, 0.4) is 0 Å². The molecule has 11 heteroatoms. The Kier molecular flexibility index (Phi) is 3.54. The largest absolute Gasteiger partial charge is 0.384 e. The Hall–Kier alpha value is -2.91. The van der Waals surface area contributed by atoms with Gasteiger partial charge in [-0.05, 0) is 6.07 Å². The molecule has 1 aromatic heterocycles. The lowest BCUT2D eigenvalue weighted by atomic mass is 10.1. The van der Waals surface area contributed by atoms with Crippen LogP contribution in [0.2, 0.25) is 10.0 Å². The number of carbonyl (C=O) groups excluding carboxylic acids is 2. The van der Waals surface area contributed by atoms with Gasteiger partial charge in [0.25, 0.3) is 23.1 Å². The molecule has 2 amide bonds. The topological polar surface area (TPSA) is 137 Å². The lowest BCUT2D eigenvalue weighted by Gasteiger charge is -2.14. The van der Waals surface area contributed by atoms with Gasteiger partial charge in [-0.25, -0.2) is 0 Å². The zero-order valence-corrected chi connectivity index (χ0v) is 13.0. The van der Waals surface area contributed by atoms with E-state index in [2.05, 4.69) is 0 Å². The van der Waals surface area contributed by atoms with Crippen LogP contribution in [0.1, 0.15) is 20.7 Å². The molecular formula is C13H6Cl2N4O5. The summed E-state index contributed by atoms with van der Waals surface area (Å²) in [6, 6.07) is 3.13. The molecule has 2 heterocycles. The molecule has 0 saturated carbocycles. The number of nitro benzene ring substituents is 1. The van der Waals surface area contributed by atoms with Crippen LogP contribution in [0.4, 0.5) is 11.5 Å². The van der Waals surface area contributed by atoms with Gasteiger partial charge in [0.05, 0.1) is 26.8 Å². The highest BCUT2D eigenvalue weighted by Gasteiger charge is 2.33. The SMILES string of the molecule is Nc1c2c(cc(=O)n1-c1c(Cl)ccc([N+](=O)[O-])c1Cl)C(=O)NC2=O. The average molecular weight is 369 g/mol. The highest BCUT2D eigenvalue weighted by Crippen LogP contribution is 2.37. The molecule has 0 saturated heterocycles. The van der Waals surface area contributed by atoms with E-state index in [1.54, 1.807) is 0 Å². The highest BCUT2D eigenvalue weighted by atomic mass is 35.5. The molecule has 24 heavy (non-hydrogen) atoms. The van der Waals surface area contributed by atoms with Crippen molar-refractivity contribution in [3.8, 4) is 5.69 Å². The first-order chi connectivity index (χ1) is 11.2. The number of hydrogen-bond donors (Lipinski definition) is 2. The third kappa shape index (κ3) is 2.14. The Morgan fingerprint density at radius 2 is 1.83 bits per heavy atom. The van der Waals surface area contributed by atoms with Crippen LogP contribution in [0.5, 0.6) is 0 Å². The van der Waals surface area contributed by atoms with Crippen LogP contribution in [-0.2, 0) is 0 Å². The molecule has 0 fully saturated rings. The van der Waals surface area contributed by atoms with E-state index in [9.17, 15) is 24.5 Å². The zero-order chi connectivity index (χ0) is 17.8. The van der Waals surface area contributed by atoms with Crippen LogP contribution in [0.15, 0.2) is 23.0 Å². The second-order valence-electron chi connectivity index (χ2n) is 4.76. The van der Waals surface area contributed by atoms with Crippen molar-refractivity contribution in [2.24, 2.45) is 0 Å². The van der Waals surface area contributed by atoms with Gasteiger partial charge in [-0.3, -0.25) is 34.4 Å². The van der Waals surface area contributed by atoms with Crippen molar-refractivity contribution in [1.82, 2.24) is 9.88 Å². The van der Waals surface area contributed by atoms with E-state index in [0.29, 0.717) is 0 Å². The summed E-state index contributed by atoms with van der Waals surface area (Å²) >= 11 is 12.0. The molecule has 122 valence electrons. The van der Waals surface area contributed by atoms with Gasteiger partial charge in [0.15, 0.2) is 0 Å². The first kappa shape index (κ1) is 16.0. The summed E-state index contributed by atoms with van der Waals surface area (Å²) in [5.74, 6) is -1.95. The van der Waals surface area contributed by atoms with Gasteiger partial charge in [-0.2, -0.15) is 0 Å². The summed E-state index contributed by atoms with van der Waals surface area (Å²) in [5.41, 5.74) is 3.88. The van der Waals surface area contributed by atoms with Crippen LogP contribution in [0, 0.1) is 10.1 Å². The summed E-state index contributed by atoms with van der Waals surface area (Å²) in [4.78, 5) is 46.1. The minimum atomic E-state index is -0.819. The Balaban J connectivity index is 2.42. The van der Waals surface area contributed by atoms with Crippen molar-refractivity contribution in [3.05, 3.63) is 59.8 Å². The molecule has 0 aliphatic carbocycles. The molecule has 0 spiro atoms. The molecule has 9 nitrogen and oxygen atoms in total. The fraction of sp³-hybridized carbons (Fsp3) is 0. The summed E-state index contributed by atoms with van der Waals surface area (Å²) in [5, 5.41) is 12.5. The van der Waals surface area contributed by atoms with Crippen molar-refractivity contribution in [2.75, 3.05) is 5.73 Å². The first-order valence-corrected chi connectivity index (χ1v) is 7.03. The maximum atomic E-state index is 12.3. The molecule has 2 aromatic rings. The van der Waals surface area contributed by atoms with Crippen molar-refractivity contribution >= 4 is 46.5 Å². The number of hydrogen-bond acceptors (Lipinski definition) is 6. The minimum Gasteiger partial charge on any atom is -0.384 e. The Labute approximate surface area is 142 Å². The van der Waals surface area contributed by atoms with Gasteiger partial charge in [-0.15, -0.1) is 0 Å². The van der Waals surface area contributed by atoms with Gasteiger partial charge in [-0.1, -0.05) is 23.2 Å². The number of nitrogen functional groups attached to an aromatic ring is 1. The first-order valence-electron chi connectivity index (χ1n) is 6.28. The third-order valence-electron chi connectivity index (χ3n) is 3.42. The quantitative estimate of drug-likeness (QED) is 0.468. The maximum absolute atomic E-state index is 12.3. The van der Waals surface area contributed by atoms with E-state index in [-0.39, 0.29) is 21.8 Å². The molecule has 0 unspecified atom stereocenters. The highest BCUT2D eigenvalue weighted by molar-refractivity contribution is 6.39. The minimum absolute atomic E-state index is 0.0934. The van der Waals surface area contributed by atoms with Crippen molar-refractivity contribution in [1.29, 1.82) is 0 Å². The number of amides is 2. The van der Waals surface area contributed by atoms with Crippen molar-refractivity contribution < 1.29 is 14.5 Å². The van der Waals surface area contributed by atoms with Crippen molar-refractivity contribution in [2.45, 2.75) is 0 Å². The fourth-order valence-electron chi connectivity index (χ4n) is 2.39. The van der Waals surface area contributed by atoms with Gasteiger partial charge in [0, 0.05) is 12.1 Å². The number of benzene rings is 1. The zero-order valence-electron chi connectivity index (χ0n) is 11.5. The van der Waals surface area contributed by atoms with E-state index in [1.165, 1.54) is 6.07 Å². The summed E-state index contributed by atoms with van der Waals surface area (Å²) in [6.07, 6.45) is 0. The van der Waals surface area contributed by atoms with E-state index in [0.717, 1.165) is 16.7 Å². The number of nitrogens with two attached hydrogens (primary N) is 1. The van der Waals surface area contributed by atoms with Crippen LogP contribution >= 0.6 is 23.2 Å². The molecule has 1 aliphatic heterocycles. The van der Waals surface area contributed by atoms with Gasteiger partial charge in [0.2, 0.25) is 0 Å². The standard InChI is InChI=1S/C13H6Cl2N4O5/c14-5-1-2-6(19(23)24)9(15)10(5)18-7(20)3-4-8(11(18)16)13(22)17-12(4)21/h1-3H,16H2,(H,17,21,22). The predicted octanol–water partition coefficient (Wildman–Crippen LogP) is 1.52. The van der Waals surface area contributed by atoms with Gasteiger partial charge >= 0.3 is 0 Å². The number of pyridine rings is 1. The summed E-state index contributed by atoms with van der Waals surface area (Å²) in [6.45, 7) is 0. The number of halogens is 2. The Morgan fingerprint density at radius 1 is 1.17 bits per heavy atom. The van der Waals surface area contributed by atoms with E-state index < -0.39 is 38.8 Å². The second-order valence-corrected chi connectivity index (χ2v) is 5.55. The van der Waals surface area contributed by atoms with Crippen LogP contribution in [-0.4, -0.2) is 21.3 Å². The van der Waals surface area contributed by atoms with E-state index in [1.807, 2.05) is 5.32 Å². The molecule has 0 bridgehead atoms. The number of nitrogens with one attached hydrogen (secondary N) is 1. The monoisotopic (exact) mass is 368 g/mol. The number of fused-ring (bicyclic) bond motifs is 1. The van der Waals surface area contributed by atoms with E-state index in [4.69, 9.17) is 28.9 Å². The second kappa shape index (κ2) is 5.32. The number of nitro groups is 1. The number of rotatable bonds is 2. The maximum Gasteiger partial charge on any atom is 0.290 e. The molecule has 0 radical (unpaired) electrons. The third-order valence-corrected chi connectivity index (χ3v) is 4.10. The van der Waals surface area contributed by atoms with Gasteiger partial charge in [0.1, 0.15) is 10.8 Å². The molecular weight excluding hydrogens is 363 g/mol. The Bertz CT molecular complexity index is 1010. The van der Waals surface area contributed by atoms with Crippen LogP contribution < -0.4 is 16.6 Å². The smallest absolute Gasteiger partial charge is 0.290 e. The molecule has 1 aromatic carbocycles. The normalized spacial score (nSPS) is 12.9. The molecule has 3 N–H and O–H groups in total. The number of anilines is 1. The Morgan fingerprint density at radius 3 is 2.46 bits per heavy atom. The average Bonchev–Trinajstić information content (AvgIpc) is 2.76. The number of imide groups is 1.